The summed E-state index contributed by atoms with van der Waals surface area (Å²) in [6, 6.07) is 10.3. The summed E-state index contributed by atoms with van der Waals surface area (Å²) in [5.74, 6) is 0.274. The number of nitrogens with one attached hydrogen (secondary N) is 3. The zero-order chi connectivity index (χ0) is 24.6. The normalized spacial score (nSPS) is 18.9. The van der Waals surface area contributed by atoms with E-state index in [9.17, 15) is 22.6 Å². The van der Waals surface area contributed by atoms with Crippen molar-refractivity contribution in [2.75, 3.05) is 16.8 Å². The van der Waals surface area contributed by atoms with Gasteiger partial charge in [0.2, 0.25) is 0 Å². The first kappa shape index (κ1) is 26.1. The third-order valence-corrected chi connectivity index (χ3v) is 6.32. The summed E-state index contributed by atoms with van der Waals surface area (Å²) in [6.45, 7) is 3.08. The fourth-order valence-corrected chi connectivity index (χ4v) is 4.55. The molecule has 178 valence electrons. The highest BCUT2D eigenvalue weighted by Gasteiger charge is 2.39. The highest BCUT2D eigenvalue weighted by molar-refractivity contribution is 7.86. The van der Waals surface area contributed by atoms with Gasteiger partial charge in [0.15, 0.2) is 6.29 Å². The first-order chi connectivity index (χ1) is 15.6. The Hall–Kier alpha value is -3.14. The van der Waals surface area contributed by atoms with Gasteiger partial charge >= 0.3 is 6.61 Å². The van der Waals surface area contributed by atoms with Crippen molar-refractivity contribution in [1.82, 2.24) is 5.32 Å². The summed E-state index contributed by atoms with van der Waals surface area (Å²) >= 11 is 0. The lowest BCUT2D eigenvalue weighted by Crippen LogP contribution is -2.61. The van der Waals surface area contributed by atoms with E-state index in [0.717, 1.165) is 0 Å². The van der Waals surface area contributed by atoms with Gasteiger partial charge in [-0.05, 0) is 37.3 Å². The van der Waals surface area contributed by atoms with Crippen molar-refractivity contribution in [3.63, 3.8) is 0 Å². The zero-order valence-corrected chi connectivity index (χ0v) is 19.4. The number of alkyl halides is 2. The molecule has 2 aromatic carbocycles. The van der Waals surface area contributed by atoms with E-state index in [4.69, 9.17) is 5.41 Å². The summed E-state index contributed by atoms with van der Waals surface area (Å²) in [6.07, 6.45) is 1.59. The number of carbonyl (C=O) groups is 2. The van der Waals surface area contributed by atoms with Crippen LogP contribution >= 0.6 is 0 Å². The van der Waals surface area contributed by atoms with E-state index in [1.54, 1.807) is 13.0 Å². The SMILES string of the molecule is CC1(NC(=O)c2ccc(Nc3cccc(OC(F)F)c3)c(C(=N)C=O)c2)CS(=O)C1.CCC. The predicted octanol–water partition coefficient (Wildman–Crippen LogP) is 4.27. The Morgan fingerprint density at radius 1 is 1.24 bits per heavy atom. The number of benzene rings is 2. The zero-order valence-electron chi connectivity index (χ0n) is 18.6. The molecule has 0 bridgehead atoms. The molecule has 1 heterocycles. The number of ether oxygens (including phenoxy) is 1. The molecule has 0 saturated carbocycles. The minimum absolute atomic E-state index is 0.0517. The van der Waals surface area contributed by atoms with Crippen LogP contribution in [0.5, 0.6) is 5.75 Å². The van der Waals surface area contributed by atoms with Crippen LogP contribution in [0.25, 0.3) is 0 Å². The molecule has 0 aliphatic carbocycles. The molecule has 3 rings (SSSR count). The standard InChI is InChI=1S/C20H19F2N3O4S.C3H8/c1-20(10-30(28)11-20)25-18(27)12-5-6-17(15(7-12)16(23)9-26)24-13-3-2-4-14(8-13)29-19(21)22;1-3-2/h2-9,19,23-24H,10-11H2,1H3,(H,25,27);3H2,1-2H3. The molecule has 1 aliphatic heterocycles. The largest absolute Gasteiger partial charge is 0.435 e. The van der Waals surface area contributed by atoms with E-state index in [-0.39, 0.29) is 22.6 Å². The van der Waals surface area contributed by atoms with Crippen molar-refractivity contribution in [2.45, 2.75) is 39.3 Å². The highest BCUT2D eigenvalue weighted by atomic mass is 32.2. The molecule has 0 spiro atoms. The number of amides is 1. The number of rotatable bonds is 8. The van der Waals surface area contributed by atoms with Crippen molar-refractivity contribution in [2.24, 2.45) is 0 Å². The maximum absolute atomic E-state index is 12.6. The van der Waals surface area contributed by atoms with Crippen molar-refractivity contribution >= 4 is 40.1 Å². The van der Waals surface area contributed by atoms with Gasteiger partial charge in [-0.2, -0.15) is 8.78 Å². The van der Waals surface area contributed by atoms with Gasteiger partial charge in [-0.1, -0.05) is 26.3 Å². The van der Waals surface area contributed by atoms with Gasteiger partial charge in [0.1, 0.15) is 11.5 Å². The van der Waals surface area contributed by atoms with Gasteiger partial charge in [0.25, 0.3) is 5.91 Å². The lowest BCUT2D eigenvalue weighted by molar-refractivity contribution is -0.102. The number of hydrogen-bond acceptors (Lipinski definition) is 6. The maximum Gasteiger partial charge on any atom is 0.387 e. The van der Waals surface area contributed by atoms with E-state index in [2.05, 4.69) is 29.2 Å². The Kier molecular flexibility index (Phi) is 9.22. The van der Waals surface area contributed by atoms with Gasteiger partial charge in [-0.25, -0.2) is 0 Å². The molecule has 0 aromatic heterocycles. The molecule has 0 atom stereocenters. The van der Waals surface area contributed by atoms with E-state index < -0.39 is 28.9 Å². The number of aldehydes is 1. The summed E-state index contributed by atoms with van der Waals surface area (Å²) in [5, 5.41) is 13.7. The second-order valence-electron chi connectivity index (χ2n) is 7.77. The molecular formula is C23H27F2N3O4S. The second kappa shape index (κ2) is 11.6. The van der Waals surface area contributed by atoms with Crippen LogP contribution in [0.4, 0.5) is 20.2 Å². The first-order valence-electron chi connectivity index (χ1n) is 10.3. The fraction of sp³-hybridized carbons (Fsp3) is 0.348. The molecule has 1 fully saturated rings. The van der Waals surface area contributed by atoms with Gasteiger partial charge in [-0.15, -0.1) is 0 Å². The topological polar surface area (TPSA) is 108 Å². The van der Waals surface area contributed by atoms with Crippen LogP contribution in [0.2, 0.25) is 0 Å². The molecular weight excluding hydrogens is 452 g/mol. The highest BCUT2D eigenvalue weighted by Crippen LogP contribution is 2.27. The van der Waals surface area contributed by atoms with Crippen molar-refractivity contribution in [3.8, 4) is 5.75 Å². The monoisotopic (exact) mass is 479 g/mol. The molecule has 7 nitrogen and oxygen atoms in total. The van der Waals surface area contributed by atoms with E-state index >= 15 is 0 Å². The van der Waals surface area contributed by atoms with Crippen LogP contribution in [0.15, 0.2) is 42.5 Å². The molecule has 2 aromatic rings. The van der Waals surface area contributed by atoms with Crippen LogP contribution in [0.3, 0.4) is 0 Å². The van der Waals surface area contributed by atoms with Crippen molar-refractivity contribution < 1.29 is 27.3 Å². The summed E-state index contributed by atoms with van der Waals surface area (Å²) in [5.41, 5.74) is 0.227. The Morgan fingerprint density at radius 3 is 2.48 bits per heavy atom. The Bertz CT molecular complexity index is 1040. The van der Waals surface area contributed by atoms with Crippen molar-refractivity contribution in [3.05, 3.63) is 53.6 Å². The number of anilines is 2. The molecule has 0 radical (unpaired) electrons. The molecule has 3 N–H and O–H groups in total. The summed E-state index contributed by atoms with van der Waals surface area (Å²) < 4.78 is 40.6. The van der Waals surface area contributed by atoms with Crippen LogP contribution < -0.4 is 15.4 Å². The third-order valence-electron chi connectivity index (χ3n) is 4.40. The Labute approximate surface area is 193 Å². The lowest BCUT2D eigenvalue weighted by Gasteiger charge is -2.38. The van der Waals surface area contributed by atoms with Crippen LogP contribution in [-0.2, 0) is 15.6 Å². The minimum atomic E-state index is -2.97. The van der Waals surface area contributed by atoms with Gasteiger partial charge in [0, 0.05) is 50.9 Å². The van der Waals surface area contributed by atoms with Crippen LogP contribution in [-0.4, -0.2) is 45.8 Å². The Balaban J connectivity index is 0.00000122. The summed E-state index contributed by atoms with van der Waals surface area (Å²) in [7, 11) is -0.942. The van der Waals surface area contributed by atoms with Gasteiger partial charge in [0.05, 0.1) is 5.54 Å². The molecule has 1 saturated heterocycles. The van der Waals surface area contributed by atoms with Gasteiger partial charge < -0.3 is 15.4 Å². The quantitative estimate of drug-likeness (QED) is 0.387. The predicted molar refractivity (Wildman–Crippen MR) is 125 cm³/mol. The van der Waals surface area contributed by atoms with Crippen LogP contribution in [0, 0.1) is 5.41 Å². The average Bonchev–Trinajstić information content (AvgIpc) is 2.72. The minimum Gasteiger partial charge on any atom is -0.435 e. The number of carbonyl (C=O) groups excluding carboxylic acids is 2. The lowest BCUT2D eigenvalue weighted by atomic mass is 10.0. The molecule has 33 heavy (non-hydrogen) atoms. The van der Waals surface area contributed by atoms with Crippen LogP contribution in [0.1, 0.15) is 43.1 Å². The Morgan fingerprint density at radius 2 is 1.91 bits per heavy atom. The maximum atomic E-state index is 12.6. The molecule has 0 unspecified atom stereocenters. The second-order valence-corrected chi connectivity index (χ2v) is 9.23. The fourth-order valence-electron chi connectivity index (χ4n) is 3.07. The van der Waals surface area contributed by atoms with E-state index in [1.165, 1.54) is 42.8 Å². The average molecular weight is 480 g/mol. The van der Waals surface area contributed by atoms with E-state index in [0.29, 0.717) is 29.2 Å². The number of hydrogen-bond donors (Lipinski definition) is 3. The third kappa shape index (κ3) is 7.45. The van der Waals surface area contributed by atoms with Crippen molar-refractivity contribution in [1.29, 1.82) is 5.41 Å². The van der Waals surface area contributed by atoms with E-state index in [1.807, 2.05) is 0 Å². The molecule has 10 heteroatoms. The first-order valence-corrected chi connectivity index (χ1v) is 11.8. The molecule has 1 aliphatic rings. The van der Waals surface area contributed by atoms with Gasteiger partial charge in [-0.3, -0.25) is 19.2 Å². The smallest absolute Gasteiger partial charge is 0.387 e. The summed E-state index contributed by atoms with van der Waals surface area (Å²) in [4.78, 5) is 23.8. The number of halogens is 2. The molecule has 1 amide bonds.